The van der Waals surface area contributed by atoms with Gasteiger partial charge in [0.15, 0.2) is 0 Å². The summed E-state index contributed by atoms with van der Waals surface area (Å²) in [5.74, 6) is -0.225. The van der Waals surface area contributed by atoms with E-state index in [4.69, 9.17) is 4.74 Å². The van der Waals surface area contributed by atoms with E-state index in [2.05, 4.69) is 15.9 Å². The number of para-hydroxylation sites is 1. The average molecular weight is 352 g/mol. The molecule has 1 amide bonds. The molecule has 0 aromatic heterocycles. The van der Waals surface area contributed by atoms with Crippen LogP contribution >= 0.6 is 15.9 Å². The summed E-state index contributed by atoms with van der Waals surface area (Å²) in [5, 5.41) is 0. The lowest BCUT2D eigenvalue weighted by Crippen LogP contribution is -2.27. The summed E-state index contributed by atoms with van der Waals surface area (Å²) in [4.78, 5) is 13.9. The molecule has 0 spiro atoms. The lowest BCUT2D eigenvalue weighted by atomic mass is 10.1. The number of hydrogen-bond acceptors (Lipinski definition) is 2. The second-order valence-corrected chi connectivity index (χ2v) is 5.42. The highest BCUT2D eigenvalue weighted by atomic mass is 79.9. The third-order valence-corrected chi connectivity index (χ3v) is 3.78. The van der Waals surface area contributed by atoms with Crippen LogP contribution in [0.4, 0.5) is 4.39 Å². The van der Waals surface area contributed by atoms with Gasteiger partial charge in [-0.3, -0.25) is 4.79 Å². The maximum absolute atomic E-state index is 13.8. The molecule has 0 saturated heterocycles. The van der Waals surface area contributed by atoms with E-state index in [1.54, 1.807) is 26.3 Å². The van der Waals surface area contributed by atoms with Gasteiger partial charge in [0.1, 0.15) is 11.6 Å². The van der Waals surface area contributed by atoms with Gasteiger partial charge < -0.3 is 9.64 Å². The number of carbonyl (C=O) groups is 1. The molecule has 0 aliphatic carbocycles. The molecule has 5 heteroatoms. The maximum Gasteiger partial charge on any atom is 0.258 e. The van der Waals surface area contributed by atoms with E-state index in [1.807, 2.05) is 24.3 Å². The highest BCUT2D eigenvalue weighted by Gasteiger charge is 2.20. The number of hydrogen-bond donors (Lipinski definition) is 0. The van der Waals surface area contributed by atoms with E-state index in [-0.39, 0.29) is 11.5 Å². The number of nitrogens with zero attached hydrogens (tertiary/aromatic N) is 1. The van der Waals surface area contributed by atoms with Crippen molar-refractivity contribution in [1.29, 1.82) is 0 Å². The summed E-state index contributed by atoms with van der Waals surface area (Å²) in [7, 11) is 3.21. The van der Waals surface area contributed by atoms with Crippen LogP contribution in [0.25, 0.3) is 0 Å². The second kappa shape index (κ2) is 6.72. The molecule has 0 aliphatic rings. The number of amides is 1. The smallest absolute Gasteiger partial charge is 0.258 e. The van der Waals surface area contributed by atoms with Gasteiger partial charge in [0.2, 0.25) is 0 Å². The van der Waals surface area contributed by atoms with Gasteiger partial charge in [0.05, 0.1) is 12.7 Å². The lowest BCUT2D eigenvalue weighted by Gasteiger charge is -2.19. The largest absolute Gasteiger partial charge is 0.496 e. The Kier molecular flexibility index (Phi) is 4.96. The Bertz CT molecular complexity index is 640. The highest BCUT2D eigenvalue weighted by Crippen LogP contribution is 2.23. The third kappa shape index (κ3) is 3.42. The van der Waals surface area contributed by atoms with Gasteiger partial charge in [-0.25, -0.2) is 4.39 Å². The standard InChI is InChI=1S/C16H15BrFNO2/c1-19(10-11-6-3-4-9-14(11)21-2)16(20)15-12(17)7-5-8-13(15)18/h3-9H,10H2,1-2H3. The minimum atomic E-state index is -0.541. The molecular weight excluding hydrogens is 337 g/mol. The van der Waals surface area contributed by atoms with Gasteiger partial charge >= 0.3 is 0 Å². The molecule has 0 atom stereocenters. The highest BCUT2D eigenvalue weighted by molar-refractivity contribution is 9.10. The minimum absolute atomic E-state index is 0.0369. The summed E-state index contributed by atoms with van der Waals surface area (Å²) in [6, 6.07) is 11.9. The number of rotatable bonds is 4. The maximum atomic E-state index is 13.8. The number of ether oxygens (including phenoxy) is 1. The first kappa shape index (κ1) is 15.5. The van der Waals surface area contributed by atoms with Gasteiger partial charge in [-0.2, -0.15) is 0 Å². The summed E-state index contributed by atoms with van der Waals surface area (Å²) in [5.41, 5.74) is 0.901. The van der Waals surface area contributed by atoms with Gasteiger partial charge in [-0.05, 0) is 34.1 Å². The monoisotopic (exact) mass is 351 g/mol. The van der Waals surface area contributed by atoms with Crippen LogP contribution in [0, 0.1) is 5.82 Å². The Morgan fingerprint density at radius 2 is 1.95 bits per heavy atom. The van der Waals surface area contributed by atoms with Crippen molar-refractivity contribution in [3.8, 4) is 5.75 Å². The first-order chi connectivity index (χ1) is 10.0. The van der Waals surface area contributed by atoms with E-state index < -0.39 is 5.82 Å². The van der Waals surface area contributed by atoms with Gasteiger partial charge in [0.25, 0.3) is 5.91 Å². The Labute approximate surface area is 131 Å². The van der Waals surface area contributed by atoms with Crippen LogP contribution in [-0.4, -0.2) is 25.0 Å². The quantitative estimate of drug-likeness (QED) is 0.836. The molecule has 110 valence electrons. The van der Waals surface area contributed by atoms with Crippen LogP contribution in [0.5, 0.6) is 5.75 Å². The van der Waals surface area contributed by atoms with E-state index in [9.17, 15) is 9.18 Å². The fraction of sp³-hybridized carbons (Fsp3) is 0.188. The van der Waals surface area contributed by atoms with Crippen molar-refractivity contribution >= 4 is 21.8 Å². The van der Waals surface area contributed by atoms with Crippen molar-refractivity contribution in [2.75, 3.05) is 14.2 Å². The summed E-state index contributed by atoms with van der Waals surface area (Å²) in [6.45, 7) is 0.337. The number of methoxy groups -OCH3 is 1. The molecule has 2 aromatic carbocycles. The SMILES string of the molecule is COc1ccccc1CN(C)C(=O)c1c(F)cccc1Br. The molecule has 3 nitrogen and oxygen atoms in total. The molecule has 0 N–H and O–H groups in total. The molecule has 0 fully saturated rings. The number of halogens is 2. The first-order valence-corrected chi connectivity index (χ1v) is 7.15. The Morgan fingerprint density at radius 1 is 1.24 bits per heavy atom. The zero-order chi connectivity index (χ0) is 15.4. The van der Waals surface area contributed by atoms with Crippen molar-refractivity contribution in [2.24, 2.45) is 0 Å². The molecule has 0 unspecified atom stereocenters. The van der Waals surface area contributed by atoms with Crippen LogP contribution in [0.1, 0.15) is 15.9 Å². The Hall–Kier alpha value is -1.88. The fourth-order valence-electron chi connectivity index (χ4n) is 2.05. The second-order valence-electron chi connectivity index (χ2n) is 4.57. The topological polar surface area (TPSA) is 29.5 Å². The number of carbonyl (C=O) groups excluding carboxylic acids is 1. The van der Waals surface area contributed by atoms with Crippen LogP contribution in [0.3, 0.4) is 0 Å². The molecule has 0 bridgehead atoms. The Morgan fingerprint density at radius 3 is 2.62 bits per heavy atom. The van der Waals surface area contributed by atoms with E-state index in [1.165, 1.54) is 11.0 Å². The van der Waals surface area contributed by atoms with Crippen molar-refractivity contribution < 1.29 is 13.9 Å². The number of benzene rings is 2. The van der Waals surface area contributed by atoms with Crippen LogP contribution in [0.2, 0.25) is 0 Å². The van der Waals surface area contributed by atoms with Gasteiger partial charge in [0, 0.05) is 23.6 Å². The summed E-state index contributed by atoms with van der Waals surface area (Å²) in [6.07, 6.45) is 0. The minimum Gasteiger partial charge on any atom is -0.496 e. The van der Waals surface area contributed by atoms with Crippen LogP contribution < -0.4 is 4.74 Å². The van der Waals surface area contributed by atoms with Gasteiger partial charge in [-0.15, -0.1) is 0 Å². The summed E-state index contributed by atoms with van der Waals surface area (Å²) >= 11 is 3.22. The van der Waals surface area contributed by atoms with E-state index >= 15 is 0 Å². The predicted octanol–water partition coefficient (Wildman–Crippen LogP) is 3.87. The molecule has 2 rings (SSSR count). The van der Waals surface area contributed by atoms with Gasteiger partial charge in [-0.1, -0.05) is 24.3 Å². The van der Waals surface area contributed by atoms with Crippen molar-refractivity contribution in [1.82, 2.24) is 4.90 Å². The Balaban J connectivity index is 2.24. The molecule has 0 saturated carbocycles. The molecule has 0 radical (unpaired) electrons. The van der Waals surface area contributed by atoms with E-state index in [0.717, 1.165) is 5.56 Å². The zero-order valence-corrected chi connectivity index (χ0v) is 13.4. The molecule has 21 heavy (non-hydrogen) atoms. The lowest BCUT2D eigenvalue weighted by molar-refractivity contribution is 0.0778. The van der Waals surface area contributed by atoms with Crippen LogP contribution in [0.15, 0.2) is 46.9 Å². The average Bonchev–Trinajstić information content (AvgIpc) is 2.47. The molecular formula is C16H15BrFNO2. The normalized spacial score (nSPS) is 10.3. The van der Waals surface area contributed by atoms with Crippen molar-refractivity contribution in [3.63, 3.8) is 0 Å². The predicted molar refractivity (Wildman–Crippen MR) is 82.9 cm³/mol. The van der Waals surface area contributed by atoms with Crippen molar-refractivity contribution in [3.05, 3.63) is 63.9 Å². The zero-order valence-electron chi connectivity index (χ0n) is 11.8. The molecule has 0 heterocycles. The molecule has 2 aromatic rings. The fourth-order valence-corrected chi connectivity index (χ4v) is 2.57. The first-order valence-electron chi connectivity index (χ1n) is 6.36. The third-order valence-electron chi connectivity index (χ3n) is 3.12. The van der Waals surface area contributed by atoms with E-state index in [0.29, 0.717) is 16.8 Å². The van der Waals surface area contributed by atoms with Crippen molar-refractivity contribution in [2.45, 2.75) is 6.54 Å². The van der Waals surface area contributed by atoms with Crippen LogP contribution in [-0.2, 0) is 6.54 Å². The molecule has 0 aliphatic heterocycles. The summed E-state index contributed by atoms with van der Waals surface area (Å²) < 4.78 is 19.5.